The normalized spacial score (nSPS) is 24.2. The van der Waals surface area contributed by atoms with Crippen LogP contribution in [-0.4, -0.2) is 48.0 Å². The number of aromatic hydroxyl groups is 6. The number of aliphatic hydroxyl groups is 1. The quantitative estimate of drug-likeness (QED) is 0.178. The van der Waals surface area contributed by atoms with E-state index in [2.05, 4.69) is 0 Å². The zero-order valence-corrected chi connectivity index (χ0v) is 21.4. The fourth-order valence-corrected chi connectivity index (χ4v) is 6.15. The second-order valence-electron chi connectivity index (χ2n) is 10.6. The summed E-state index contributed by atoms with van der Waals surface area (Å²) in [6, 6.07) is 15.2. The molecule has 7 rings (SSSR count). The molecule has 210 valence electrons. The first-order valence-corrected chi connectivity index (χ1v) is 13.1. The van der Waals surface area contributed by atoms with E-state index in [1.807, 2.05) is 0 Å². The third-order valence-electron chi connectivity index (χ3n) is 8.14. The Morgan fingerprint density at radius 1 is 0.634 bits per heavy atom. The van der Waals surface area contributed by atoms with Gasteiger partial charge in [-0.25, -0.2) is 0 Å². The second kappa shape index (κ2) is 9.12. The lowest BCUT2D eigenvalue weighted by Crippen LogP contribution is -2.40. The highest BCUT2D eigenvalue weighted by molar-refractivity contribution is 5.58. The van der Waals surface area contributed by atoms with Crippen molar-refractivity contribution in [3.8, 4) is 46.0 Å². The Kier molecular flexibility index (Phi) is 5.60. The number of fused-ring (bicyclic) bond motifs is 5. The number of ether oxygens (including phenoxy) is 3. The highest BCUT2D eigenvalue weighted by Crippen LogP contribution is 2.54. The van der Waals surface area contributed by atoms with Crippen LogP contribution in [0.1, 0.15) is 51.5 Å². The van der Waals surface area contributed by atoms with Gasteiger partial charge in [0.05, 0.1) is 12.7 Å². The van der Waals surface area contributed by atoms with Gasteiger partial charge in [0.25, 0.3) is 0 Å². The van der Waals surface area contributed by atoms with Crippen LogP contribution in [0.25, 0.3) is 0 Å². The zero-order chi connectivity index (χ0) is 28.6. The predicted octanol–water partition coefficient (Wildman–Crippen LogP) is 4.12. The van der Waals surface area contributed by atoms with Crippen LogP contribution >= 0.6 is 0 Å². The molecule has 0 bridgehead atoms. The van der Waals surface area contributed by atoms with Gasteiger partial charge in [0, 0.05) is 46.7 Å². The summed E-state index contributed by atoms with van der Waals surface area (Å²) in [5, 5.41) is 72.6. The maximum absolute atomic E-state index is 11.3. The molecule has 10 heteroatoms. The number of phenolic OH excluding ortho intramolecular Hbond substituents is 6. The van der Waals surface area contributed by atoms with Crippen molar-refractivity contribution in [2.75, 3.05) is 0 Å². The number of benzene rings is 4. The van der Waals surface area contributed by atoms with Gasteiger partial charge in [0.15, 0.2) is 29.1 Å². The Morgan fingerprint density at radius 2 is 1.39 bits per heavy atom. The summed E-state index contributed by atoms with van der Waals surface area (Å²) in [4.78, 5) is 0. The van der Waals surface area contributed by atoms with Crippen molar-refractivity contribution in [1.29, 1.82) is 0 Å². The monoisotopic (exact) mass is 558 g/mol. The van der Waals surface area contributed by atoms with Crippen molar-refractivity contribution >= 4 is 0 Å². The summed E-state index contributed by atoms with van der Waals surface area (Å²) in [6.07, 6.45) is -3.00. The maximum atomic E-state index is 11.3. The molecule has 0 spiro atoms. The molecule has 7 N–H and O–H groups in total. The number of hydrogen-bond acceptors (Lipinski definition) is 10. The smallest absolute Gasteiger partial charge is 0.163 e. The molecular weight excluding hydrogens is 532 g/mol. The topological polar surface area (TPSA) is 169 Å². The van der Waals surface area contributed by atoms with E-state index in [4.69, 9.17) is 14.2 Å². The Morgan fingerprint density at radius 3 is 2.20 bits per heavy atom. The average Bonchev–Trinajstić information content (AvgIpc) is 2.95. The van der Waals surface area contributed by atoms with Crippen LogP contribution in [0.2, 0.25) is 0 Å². The van der Waals surface area contributed by atoms with Crippen molar-refractivity contribution in [3.05, 3.63) is 94.0 Å². The fraction of sp³-hybridized carbons (Fsp3) is 0.226. The van der Waals surface area contributed by atoms with Crippen molar-refractivity contribution in [2.24, 2.45) is 0 Å². The van der Waals surface area contributed by atoms with Gasteiger partial charge in [-0.3, -0.25) is 0 Å². The molecule has 4 aromatic carbocycles. The summed E-state index contributed by atoms with van der Waals surface area (Å²) < 4.78 is 18.6. The fourth-order valence-electron chi connectivity index (χ4n) is 6.15. The average molecular weight is 559 g/mol. The van der Waals surface area contributed by atoms with Crippen LogP contribution in [0, 0.1) is 0 Å². The zero-order valence-electron chi connectivity index (χ0n) is 21.4. The van der Waals surface area contributed by atoms with E-state index in [0.717, 1.165) is 0 Å². The lowest BCUT2D eigenvalue weighted by molar-refractivity contribution is -0.0720. The van der Waals surface area contributed by atoms with Crippen LogP contribution in [0.15, 0.2) is 60.7 Å². The number of phenols is 6. The van der Waals surface area contributed by atoms with E-state index in [9.17, 15) is 35.7 Å². The molecule has 4 aromatic rings. The number of rotatable bonds is 2. The summed E-state index contributed by atoms with van der Waals surface area (Å²) in [6.45, 7) is -0.00130. The maximum Gasteiger partial charge on any atom is 0.163 e. The third kappa shape index (κ3) is 3.94. The van der Waals surface area contributed by atoms with Gasteiger partial charge in [-0.15, -0.1) is 0 Å². The highest BCUT2D eigenvalue weighted by Gasteiger charge is 2.46. The van der Waals surface area contributed by atoms with Gasteiger partial charge in [0.1, 0.15) is 35.2 Å². The van der Waals surface area contributed by atoms with E-state index >= 15 is 0 Å². The minimum Gasteiger partial charge on any atom is -0.508 e. The van der Waals surface area contributed by atoms with E-state index in [-0.39, 0.29) is 47.5 Å². The van der Waals surface area contributed by atoms with Crippen molar-refractivity contribution in [3.63, 3.8) is 0 Å². The first-order chi connectivity index (χ1) is 19.7. The molecule has 3 aliphatic heterocycles. The minimum absolute atomic E-state index is 0.00130. The Labute approximate surface area is 233 Å². The predicted molar refractivity (Wildman–Crippen MR) is 143 cm³/mol. The van der Waals surface area contributed by atoms with Gasteiger partial charge in [-0.2, -0.15) is 0 Å². The Balaban J connectivity index is 1.31. The van der Waals surface area contributed by atoms with Gasteiger partial charge in [-0.05, 0) is 41.5 Å². The summed E-state index contributed by atoms with van der Waals surface area (Å²) in [5.41, 5.74) is 3.29. The summed E-state index contributed by atoms with van der Waals surface area (Å²) in [5.74, 6) is -1.11. The third-order valence-corrected chi connectivity index (χ3v) is 8.14. The Bertz CT molecular complexity index is 1700. The van der Waals surface area contributed by atoms with Crippen molar-refractivity contribution < 1.29 is 50.0 Å². The molecule has 41 heavy (non-hydrogen) atoms. The largest absolute Gasteiger partial charge is 0.508 e. The van der Waals surface area contributed by atoms with Crippen molar-refractivity contribution in [1.82, 2.24) is 0 Å². The molecule has 0 aromatic heterocycles. The first kappa shape index (κ1) is 25.2. The molecule has 0 fully saturated rings. The molecule has 10 nitrogen and oxygen atoms in total. The van der Waals surface area contributed by atoms with Crippen LogP contribution in [0.4, 0.5) is 0 Å². The molecule has 0 amide bonds. The van der Waals surface area contributed by atoms with Crippen LogP contribution in [-0.2, 0) is 17.8 Å². The molecular formula is C31H26O10. The molecule has 0 aliphatic carbocycles. The molecule has 0 saturated carbocycles. The van der Waals surface area contributed by atoms with Crippen LogP contribution in [0.5, 0.6) is 46.0 Å². The summed E-state index contributed by atoms with van der Waals surface area (Å²) in [7, 11) is 0. The van der Waals surface area contributed by atoms with E-state index in [1.165, 1.54) is 36.4 Å². The first-order valence-electron chi connectivity index (χ1n) is 13.1. The Hall–Kier alpha value is -4.80. The molecule has 3 aliphatic rings. The van der Waals surface area contributed by atoms with Crippen molar-refractivity contribution in [2.45, 2.75) is 43.4 Å². The molecule has 0 unspecified atom stereocenters. The lowest BCUT2D eigenvalue weighted by atomic mass is 9.77. The number of hydrogen-bond donors (Lipinski definition) is 7. The van der Waals surface area contributed by atoms with E-state index in [1.54, 1.807) is 24.3 Å². The SMILES string of the molecule is Oc1ccc2c(c1)O[C@@H]1c3ccc(O)c(O)c3CO[C@@H]1[C@H]2c1cc2c(cc1O)O[C@H](c1ccc(O)c(O)c1)[C@@H](O)C2. The van der Waals surface area contributed by atoms with Gasteiger partial charge >= 0.3 is 0 Å². The van der Waals surface area contributed by atoms with E-state index in [0.29, 0.717) is 44.9 Å². The van der Waals surface area contributed by atoms with Crippen LogP contribution in [0.3, 0.4) is 0 Å². The van der Waals surface area contributed by atoms with Gasteiger partial charge in [0.2, 0.25) is 0 Å². The molecule has 0 radical (unpaired) electrons. The second-order valence-corrected chi connectivity index (χ2v) is 10.6. The number of aliphatic hydroxyl groups excluding tert-OH is 1. The lowest BCUT2D eigenvalue weighted by Gasteiger charge is -2.43. The summed E-state index contributed by atoms with van der Waals surface area (Å²) >= 11 is 0. The highest BCUT2D eigenvalue weighted by atomic mass is 16.5. The molecule has 3 heterocycles. The van der Waals surface area contributed by atoms with Gasteiger partial charge in [-0.1, -0.05) is 18.2 Å². The molecule has 0 saturated heterocycles. The molecule has 5 atom stereocenters. The van der Waals surface area contributed by atoms with Gasteiger partial charge < -0.3 is 50.0 Å². The standard InChI is InChI=1S/C31H26O10/c32-15-2-3-17-26(10-15)41-30-16-4-6-21(34)28(38)19(16)12-39-31(30)27(17)18-7-14-9-24(37)29(40-25(14)11-22(18)35)13-1-5-20(33)23(36)8-13/h1-8,10-11,24,27,29-38H,9,12H2/t24-,27+,29+,30+,31+/m0/s1. The van der Waals surface area contributed by atoms with E-state index < -0.39 is 30.3 Å². The van der Waals surface area contributed by atoms with Crippen LogP contribution < -0.4 is 9.47 Å². The minimum atomic E-state index is -0.982.